The summed E-state index contributed by atoms with van der Waals surface area (Å²) in [5.74, 6) is 1.15. The van der Waals surface area contributed by atoms with Gasteiger partial charge in [-0.3, -0.25) is 0 Å². The number of hydrogen-bond acceptors (Lipinski definition) is 8. The van der Waals surface area contributed by atoms with E-state index in [-0.39, 0.29) is 0 Å². The molecular weight excluding hydrogens is 1280 g/mol. The molecule has 16 aromatic rings. The molecule has 3 heterocycles. The van der Waals surface area contributed by atoms with Crippen molar-refractivity contribution in [1.29, 1.82) is 26.3 Å². The van der Waals surface area contributed by atoms with E-state index in [2.05, 4.69) is 113 Å². The third-order valence-corrected chi connectivity index (χ3v) is 18.9. The number of nitrogens with zero attached hydrogens (tertiary/aromatic N) is 14. The van der Waals surface area contributed by atoms with Crippen molar-refractivity contribution in [3.63, 3.8) is 0 Å². The van der Waals surface area contributed by atoms with Crippen molar-refractivity contribution in [1.82, 2.24) is 24.1 Å². The molecule has 13 aromatic carbocycles. The van der Waals surface area contributed by atoms with Crippen LogP contribution < -0.4 is 0 Å². The minimum atomic E-state index is 0.309. The molecule has 0 radical (unpaired) electrons. The summed E-state index contributed by atoms with van der Waals surface area (Å²) in [6, 6.07) is 95.6. The maximum absolute atomic E-state index is 10.6. The zero-order valence-corrected chi connectivity index (χ0v) is 54.7. The quantitative estimate of drug-likeness (QED) is 0.115. The molecule has 14 heteroatoms. The van der Waals surface area contributed by atoms with Crippen LogP contribution in [0.1, 0.15) is 27.8 Å². The van der Waals surface area contributed by atoms with Crippen LogP contribution in [-0.2, 0) is 0 Å². The van der Waals surface area contributed by atoms with Crippen molar-refractivity contribution in [2.24, 2.45) is 0 Å². The van der Waals surface area contributed by atoms with Crippen LogP contribution >= 0.6 is 0 Å². The molecule has 3 aromatic heterocycles. The van der Waals surface area contributed by atoms with Gasteiger partial charge in [0.25, 0.3) is 0 Å². The van der Waals surface area contributed by atoms with Gasteiger partial charge < -0.3 is 9.13 Å². The molecule has 0 aliphatic carbocycles. The van der Waals surface area contributed by atoms with Gasteiger partial charge in [0.15, 0.2) is 40.2 Å². The van der Waals surface area contributed by atoms with E-state index in [0.717, 1.165) is 99.4 Å². The smallest absolute Gasteiger partial charge is 0.196 e. The summed E-state index contributed by atoms with van der Waals surface area (Å²) in [7, 11) is 0. The Morgan fingerprint density at radius 1 is 0.269 bits per heavy atom. The summed E-state index contributed by atoms with van der Waals surface area (Å²) in [6.45, 7) is 31.6. The van der Waals surface area contributed by atoms with E-state index < -0.39 is 0 Å². The van der Waals surface area contributed by atoms with Crippen LogP contribution in [0.3, 0.4) is 0 Å². The molecule has 0 saturated carbocycles. The van der Waals surface area contributed by atoms with Crippen molar-refractivity contribution in [3.05, 3.63) is 340 Å². The van der Waals surface area contributed by atoms with Crippen molar-refractivity contribution >= 4 is 66.4 Å². The Morgan fingerprint density at radius 3 is 1.11 bits per heavy atom. The average molecular weight is 1320 g/mol. The number of hydrogen-bond donors (Lipinski definition) is 0. The Bertz CT molecular complexity index is 6450. The fraction of sp³-hybridized carbons (Fsp3) is 0. The predicted octanol–water partition coefficient (Wildman–Crippen LogP) is 22.6. The highest BCUT2D eigenvalue weighted by atomic mass is 15.1. The van der Waals surface area contributed by atoms with E-state index in [0.29, 0.717) is 107 Å². The van der Waals surface area contributed by atoms with Gasteiger partial charge in [-0.05, 0) is 170 Å². The first kappa shape index (κ1) is 62.7. The lowest BCUT2D eigenvalue weighted by Gasteiger charge is -2.21. The fourth-order valence-electron chi connectivity index (χ4n) is 14.0. The first-order valence-electron chi connectivity index (χ1n) is 32.6. The van der Waals surface area contributed by atoms with E-state index >= 15 is 0 Å². The van der Waals surface area contributed by atoms with Crippen LogP contribution in [0.25, 0.3) is 175 Å². The van der Waals surface area contributed by atoms with Crippen LogP contribution in [0.5, 0.6) is 0 Å². The third kappa shape index (κ3) is 10.8. The predicted molar refractivity (Wildman–Crippen MR) is 406 cm³/mol. The lowest BCUT2D eigenvalue weighted by atomic mass is 9.92. The third-order valence-electron chi connectivity index (χ3n) is 18.9. The molecule has 104 heavy (non-hydrogen) atoms. The second-order valence-corrected chi connectivity index (χ2v) is 24.6. The maximum atomic E-state index is 10.6. The Hall–Kier alpha value is -16.1. The number of aromatic nitrogens is 5. The summed E-state index contributed by atoms with van der Waals surface area (Å²) in [6.07, 6.45) is 0. The van der Waals surface area contributed by atoms with E-state index in [4.69, 9.17) is 41.2 Å². The van der Waals surface area contributed by atoms with Crippen molar-refractivity contribution in [3.8, 4) is 143 Å². The monoisotopic (exact) mass is 1320 g/mol. The molecule has 0 atom stereocenters. The zero-order chi connectivity index (χ0) is 71.1. The highest BCUT2D eigenvalue weighted by Gasteiger charge is 2.28. The molecule has 0 saturated heterocycles. The van der Waals surface area contributed by atoms with E-state index in [1.54, 1.807) is 84.9 Å². The Kier molecular flexibility index (Phi) is 15.7. The van der Waals surface area contributed by atoms with E-state index in [1.807, 2.05) is 127 Å². The summed E-state index contributed by atoms with van der Waals surface area (Å²) in [5.41, 5.74) is 18.3. The highest BCUT2D eigenvalue weighted by molar-refractivity contribution is 6.15. The van der Waals surface area contributed by atoms with E-state index in [1.165, 1.54) is 0 Å². The molecule has 0 fully saturated rings. The molecule has 16 rings (SSSR count). The first-order chi connectivity index (χ1) is 51.1. The normalized spacial score (nSPS) is 10.8. The second kappa shape index (κ2) is 26.0. The Labute approximate surface area is 596 Å². The Morgan fingerprint density at radius 2 is 0.673 bits per heavy atom. The van der Waals surface area contributed by atoms with Crippen LogP contribution in [0, 0.1) is 82.9 Å². The maximum Gasteiger partial charge on any atom is 0.196 e. The minimum Gasteiger partial charge on any atom is -0.309 e. The van der Waals surface area contributed by atoms with Gasteiger partial charge in [0.2, 0.25) is 0 Å². The second-order valence-electron chi connectivity index (χ2n) is 24.6. The lowest BCUT2D eigenvalue weighted by molar-refractivity contribution is 1.06. The highest BCUT2D eigenvalue weighted by Crippen LogP contribution is 2.48. The van der Waals surface area contributed by atoms with Crippen LogP contribution in [-0.4, -0.2) is 24.1 Å². The standard InChI is InChI=1S/C90H44N14/c1-96-67-28-32-70(64(41-67)51-93)60-24-36-82-76(45-60)77-46-61(71-33-29-68(97-2)42-65(71)52-94)25-37-83(77)103(82)81-35-23-59(56-21-18-54(49-91)19-22-56)44-75(81)74-16-11-17-86(87(74)90-101-88(57-12-7-5-8-13-57)100-89(102-90)58-14-9-6-10-15-58)104-84-38-26-62(72-34-30-69(98-3)43-66(72)53-95)47-78(84)79-48-63(27-39-85(79)104)73-31-20-55(50-92)40-80(73)99-4/h5-48H. The number of nitriles is 5. The van der Waals surface area contributed by atoms with Gasteiger partial charge >= 0.3 is 0 Å². The van der Waals surface area contributed by atoms with Crippen molar-refractivity contribution in [2.75, 3.05) is 0 Å². The first-order valence-corrected chi connectivity index (χ1v) is 32.6. The molecule has 0 spiro atoms. The molecule has 0 unspecified atom stereocenters. The van der Waals surface area contributed by atoms with Crippen LogP contribution in [0.15, 0.2) is 267 Å². The molecule has 0 aliphatic heterocycles. The minimum absolute atomic E-state index is 0.309. The van der Waals surface area contributed by atoms with Gasteiger partial charge in [-0.15, -0.1) is 0 Å². The van der Waals surface area contributed by atoms with Gasteiger partial charge in [-0.1, -0.05) is 158 Å². The molecular formula is C90H44N14. The average Bonchev–Trinajstić information content (AvgIpc) is 1.56. The van der Waals surface area contributed by atoms with Crippen LogP contribution in [0.4, 0.5) is 22.7 Å². The number of rotatable bonds is 11. The van der Waals surface area contributed by atoms with Crippen molar-refractivity contribution < 1.29 is 0 Å². The SMILES string of the molecule is [C-]#[N+]c1ccc(-c2ccc3c(c2)c2cc(-c4ccc([N+]#[C-])cc4C#N)ccc2n3-c2ccc(-c3ccc(C#N)cc3)cc2-c2cccc(-n3c4ccc(-c5ccc([N+]#[C-])cc5C#N)cc4c4cc(-c5ccc(C#N)cc5[N+]#[C-])ccc43)c2-c2nc(-c3ccccc3)nc(-c3ccccc3)n2)c(C#N)c1. The fourth-order valence-corrected chi connectivity index (χ4v) is 14.0. The Balaban J connectivity index is 1.04. The summed E-state index contributed by atoms with van der Waals surface area (Å²) in [5, 5.41) is 55.0. The molecule has 474 valence electrons. The van der Waals surface area contributed by atoms with Crippen LogP contribution in [0.2, 0.25) is 0 Å². The van der Waals surface area contributed by atoms with Gasteiger partial charge in [-0.2, -0.15) is 26.3 Å². The molecule has 0 aliphatic rings. The lowest BCUT2D eigenvalue weighted by Crippen LogP contribution is -2.06. The van der Waals surface area contributed by atoms with E-state index in [9.17, 15) is 26.3 Å². The van der Waals surface area contributed by atoms with Gasteiger partial charge in [0.1, 0.15) is 0 Å². The van der Waals surface area contributed by atoms with Crippen molar-refractivity contribution in [2.45, 2.75) is 0 Å². The number of benzene rings is 13. The van der Waals surface area contributed by atoms with Gasteiger partial charge in [0.05, 0.1) is 101 Å². The molecule has 0 amide bonds. The van der Waals surface area contributed by atoms with Gasteiger partial charge in [-0.25, -0.2) is 34.3 Å². The summed E-state index contributed by atoms with van der Waals surface area (Å²) >= 11 is 0. The molecule has 0 N–H and O–H groups in total. The van der Waals surface area contributed by atoms with Gasteiger partial charge in [0, 0.05) is 60.5 Å². The zero-order valence-electron chi connectivity index (χ0n) is 54.7. The summed E-state index contributed by atoms with van der Waals surface area (Å²) in [4.78, 5) is 31.1. The largest absolute Gasteiger partial charge is 0.309 e. The molecule has 14 nitrogen and oxygen atoms in total. The summed E-state index contributed by atoms with van der Waals surface area (Å²) < 4.78 is 4.41. The topological polar surface area (TPSA) is 185 Å². The number of fused-ring (bicyclic) bond motifs is 6. The molecule has 0 bridgehead atoms.